The molecule has 0 fully saturated rings. The van der Waals surface area contributed by atoms with E-state index in [0.717, 1.165) is 0 Å². The maximum Gasteiger partial charge on any atom is 0.247 e. The highest BCUT2D eigenvalue weighted by Crippen LogP contribution is 2.24. The standard InChI is InChI=1S/C10H7BrClFN2O/c11-7-5-6(1-2-8(7)13)10-15-14-9(16-10)3-4-12/h1-2,5H,3-4H2. The van der Waals surface area contributed by atoms with E-state index < -0.39 is 0 Å². The fraction of sp³-hybridized carbons (Fsp3) is 0.200. The maximum absolute atomic E-state index is 13.0. The van der Waals surface area contributed by atoms with E-state index in [1.165, 1.54) is 6.07 Å². The highest BCUT2D eigenvalue weighted by Gasteiger charge is 2.09. The normalized spacial score (nSPS) is 10.7. The van der Waals surface area contributed by atoms with Gasteiger partial charge in [-0.25, -0.2) is 4.39 Å². The minimum absolute atomic E-state index is 0.329. The van der Waals surface area contributed by atoms with Crippen molar-refractivity contribution in [1.29, 1.82) is 0 Å². The Morgan fingerprint density at radius 3 is 2.88 bits per heavy atom. The summed E-state index contributed by atoms with van der Waals surface area (Å²) in [5.41, 5.74) is 0.668. The van der Waals surface area contributed by atoms with Gasteiger partial charge in [-0.2, -0.15) is 0 Å². The van der Waals surface area contributed by atoms with Gasteiger partial charge in [0.1, 0.15) is 5.82 Å². The molecule has 0 radical (unpaired) electrons. The lowest BCUT2D eigenvalue weighted by atomic mass is 10.2. The summed E-state index contributed by atoms with van der Waals surface area (Å²) >= 11 is 8.65. The van der Waals surface area contributed by atoms with Crippen LogP contribution in [0.4, 0.5) is 4.39 Å². The zero-order valence-electron chi connectivity index (χ0n) is 8.08. The molecule has 84 valence electrons. The minimum Gasteiger partial charge on any atom is -0.421 e. The van der Waals surface area contributed by atoms with Crippen molar-refractivity contribution in [2.45, 2.75) is 6.42 Å². The van der Waals surface area contributed by atoms with Crippen molar-refractivity contribution in [3.05, 3.63) is 34.4 Å². The molecule has 0 atom stereocenters. The predicted octanol–water partition coefficient (Wildman–Crippen LogP) is 3.42. The number of alkyl halides is 1. The summed E-state index contributed by atoms with van der Waals surface area (Å²) in [6, 6.07) is 4.51. The third-order valence-electron chi connectivity index (χ3n) is 1.94. The average Bonchev–Trinajstić information content (AvgIpc) is 2.71. The topological polar surface area (TPSA) is 38.9 Å². The summed E-state index contributed by atoms with van der Waals surface area (Å²) in [4.78, 5) is 0. The van der Waals surface area contributed by atoms with Gasteiger partial charge in [0, 0.05) is 17.9 Å². The van der Waals surface area contributed by atoms with Gasteiger partial charge in [-0.05, 0) is 34.1 Å². The molecule has 0 aliphatic carbocycles. The first-order valence-corrected chi connectivity index (χ1v) is 5.87. The van der Waals surface area contributed by atoms with Crippen molar-refractivity contribution >= 4 is 27.5 Å². The molecule has 0 N–H and O–H groups in total. The molecule has 1 aromatic carbocycles. The van der Waals surface area contributed by atoms with Gasteiger partial charge < -0.3 is 4.42 Å². The Bertz CT molecular complexity index is 503. The molecule has 0 aliphatic rings. The van der Waals surface area contributed by atoms with Crippen LogP contribution in [-0.2, 0) is 6.42 Å². The first-order valence-electron chi connectivity index (χ1n) is 4.54. The second kappa shape index (κ2) is 4.93. The van der Waals surface area contributed by atoms with Gasteiger partial charge in [-0.3, -0.25) is 0 Å². The van der Waals surface area contributed by atoms with Gasteiger partial charge in [0.05, 0.1) is 4.47 Å². The van der Waals surface area contributed by atoms with E-state index in [4.69, 9.17) is 16.0 Å². The Kier molecular flexibility index (Phi) is 3.56. The van der Waals surface area contributed by atoms with Gasteiger partial charge in [-0.15, -0.1) is 21.8 Å². The molecule has 0 unspecified atom stereocenters. The summed E-state index contributed by atoms with van der Waals surface area (Å²) in [7, 11) is 0. The number of nitrogens with zero attached hydrogens (tertiary/aromatic N) is 2. The Hall–Kier alpha value is -0.940. The van der Waals surface area contributed by atoms with Crippen molar-refractivity contribution < 1.29 is 8.81 Å². The van der Waals surface area contributed by atoms with Crippen LogP contribution in [0.15, 0.2) is 27.1 Å². The lowest BCUT2D eigenvalue weighted by Crippen LogP contribution is -1.84. The molecule has 0 spiro atoms. The van der Waals surface area contributed by atoms with E-state index in [9.17, 15) is 4.39 Å². The number of hydrogen-bond donors (Lipinski definition) is 0. The zero-order valence-corrected chi connectivity index (χ0v) is 10.4. The number of rotatable bonds is 3. The summed E-state index contributed by atoms with van der Waals surface area (Å²) < 4.78 is 18.7. The molecule has 0 amide bonds. The van der Waals surface area contributed by atoms with Crippen LogP contribution >= 0.6 is 27.5 Å². The fourth-order valence-corrected chi connectivity index (χ4v) is 1.72. The van der Waals surface area contributed by atoms with Crippen molar-refractivity contribution in [2.24, 2.45) is 0 Å². The second-order valence-electron chi connectivity index (χ2n) is 3.07. The Balaban J connectivity index is 2.31. The first-order chi connectivity index (χ1) is 7.70. The van der Waals surface area contributed by atoms with Crippen molar-refractivity contribution in [1.82, 2.24) is 10.2 Å². The maximum atomic E-state index is 13.0. The SMILES string of the molecule is Fc1ccc(-c2nnc(CCCl)o2)cc1Br. The second-order valence-corrected chi connectivity index (χ2v) is 4.30. The van der Waals surface area contributed by atoms with Crippen LogP contribution in [0.25, 0.3) is 11.5 Å². The summed E-state index contributed by atoms with van der Waals surface area (Å²) in [5, 5.41) is 7.68. The van der Waals surface area contributed by atoms with Crippen LogP contribution in [0.2, 0.25) is 0 Å². The Morgan fingerprint density at radius 1 is 1.38 bits per heavy atom. The fourth-order valence-electron chi connectivity index (χ4n) is 1.18. The zero-order chi connectivity index (χ0) is 11.5. The largest absolute Gasteiger partial charge is 0.421 e. The number of benzene rings is 1. The van der Waals surface area contributed by atoms with E-state index in [1.807, 2.05) is 0 Å². The third kappa shape index (κ3) is 2.41. The van der Waals surface area contributed by atoms with Crippen LogP contribution in [0.5, 0.6) is 0 Å². The number of aryl methyl sites for hydroxylation is 1. The molecular formula is C10H7BrClFN2O. The first kappa shape index (κ1) is 11.5. The van der Waals surface area contributed by atoms with E-state index in [0.29, 0.717) is 34.1 Å². The van der Waals surface area contributed by atoms with Crippen molar-refractivity contribution in [3.8, 4) is 11.5 Å². The lowest BCUT2D eigenvalue weighted by Gasteiger charge is -1.97. The van der Waals surface area contributed by atoms with Crippen LogP contribution < -0.4 is 0 Å². The minimum atomic E-state index is -0.329. The molecule has 0 bridgehead atoms. The lowest BCUT2D eigenvalue weighted by molar-refractivity contribution is 0.513. The van der Waals surface area contributed by atoms with Crippen LogP contribution in [0.3, 0.4) is 0 Å². The predicted molar refractivity (Wildman–Crippen MR) is 61.8 cm³/mol. The molecule has 16 heavy (non-hydrogen) atoms. The van der Waals surface area contributed by atoms with Crippen molar-refractivity contribution in [2.75, 3.05) is 5.88 Å². The average molecular weight is 306 g/mol. The van der Waals surface area contributed by atoms with E-state index in [1.54, 1.807) is 12.1 Å². The molecule has 3 nitrogen and oxygen atoms in total. The van der Waals surface area contributed by atoms with E-state index in [2.05, 4.69) is 26.1 Å². The van der Waals surface area contributed by atoms with Crippen LogP contribution in [-0.4, -0.2) is 16.1 Å². The molecule has 0 aliphatic heterocycles. The van der Waals surface area contributed by atoms with Crippen molar-refractivity contribution in [3.63, 3.8) is 0 Å². The molecule has 0 saturated carbocycles. The number of hydrogen-bond acceptors (Lipinski definition) is 3. The molecule has 2 aromatic rings. The summed E-state index contributed by atoms with van der Waals surface area (Å²) in [6.07, 6.45) is 0.525. The Morgan fingerprint density at radius 2 is 2.19 bits per heavy atom. The highest BCUT2D eigenvalue weighted by atomic mass is 79.9. The van der Waals surface area contributed by atoms with Gasteiger partial charge >= 0.3 is 0 Å². The van der Waals surface area contributed by atoms with Gasteiger partial charge in [0.25, 0.3) is 0 Å². The van der Waals surface area contributed by atoms with E-state index in [-0.39, 0.29) is 5.82 Å². The molecule has 0 saturated heterocycles. The quantitative estimate of drug-likeness (QED) is 0.816. The summed E-state index contributed by atoms with van der Waals surface area (Å²) in [6.45, 7) is 0. The van der Waals surface area contributed by atoms with Gasteiger partial charge in [0.15, 0.2) is 0 Å². The molecular weight excluding hydrogens is 298 g/mol. The van der Waals surface area contributed by atoms with Gasteiger partial charge in [0.2, 0.25) is 11.8 Å². The Labute approximate surface area is 105 Å². The number of halogens is 3. The summed E-state index contributed by atoms with van der Waals surface area (Å²) in [5.74, 6) is 0.935. The molecule has 6 heteroatoms. The smallest absolute Gasteiger partial charge is 0.247 e. The van der Waals surface area contributed by atoms with E-state index >= 15 is 0 Å². The molecule has 2 rings (SSSR count). The van der Waals surface area contributed by atoms with Crippen LogP contribution in [0, 0.1) is 5.82 Å². The number of aromatic nitrogens is 2. The molecule has 1 aromatic heterocycles. The molecule has 1 heterocycles. The monoisotopic (exact) mass is 304 g/mol. The van der Waals surface area contributed by atoms with Gasteiger partial charge in [-0.1, -0.05) is 0 Å². The van der Waals surface area contributed by atoms with Crippen LogP contribution in [0.1, 0.15) is 5.89 Å². The highest BCUT2D eigenvalue weighted by molar-refractivity contribution is 9.10. The third-order valence-corrected chi connectivity index (χ3v) is 2.74.